The average molecular weight is 431 g/mol. The standard InChI is InChI=1S/C22H20BrFO3/c1-2-12-5-7-16(27-19-8-6-15(23)10-18(19)24)11-17(12)20-21(25)13-3-4-14(9-13)22(20)26/h5-8,10-11,13-14,25H,2-4,9H2,1H3/t13-,14-/m1/s1. The number of aliphatic hydroxyl groups is 1. The van der Waals surface area contributed by atoms with Crippen molar-refractivity contribution in [2.24, 2.45) is 11.8 Å². The lowest BCUT2D eigenvalue weighted by Gasteiger charge is -2.23. The fourth-order valence-corrected chi connectivity index (χ4v) is 4.45. The van der Waals surface area contributed by atoms with Crippen LogP contribution in [0.1, 0.15) is 37.3 Å². The van der Waals surface area contributed by atoms with Crippen molar-refractivity contribution in [3.8, 4) is 11.5 Å². The maximum absolute atomic E-state index is 14.1. The predicted octanol–water partition coefficient (Wildman–Crippen LogP) is 6.21. The normalized spacial score (nSPS) is 21.7. The third kappa shape index (κ3) is 3.29. The molecule has 3 nitrogen and oxygen atoms in total. The van der Waals surface area contributed by atoms with E-state index in [4.69, 9.17) is 4.74 Å². The van der Waals surface area contributed by atoms with Gasteiger partial charge in [0.1, 0.15) is 11.5 Å². The number of ketones is 1. The molecule has 0 radical (unpaired) electrons. The molecule has 140 valence electrons. The molecule has 0 unspecified atom stereocenters. The molecule has 1 fully saturated rings. The van der Waals surface area contributed by atoms with E-state index in [2.05, 4.69) is 15.9 Å². The third-order valence-corrected chi connectivity index (χ3v) is 6.04. The van der Waals surface area contributed by atoms with Crippen LogP contribution in [0, 0.1) is 17.7 Å². The molecule has 2 atom stereocenters. The molecular weight excluding hydrogens is 411 g/mol. The molecule has 1 N–H and O–H groups in total. The molecule has 2 aliphatic rings. The van der Waals surface area contributed by atoms with Crippen LogP contribution in [0.5, 0.6) is 11.5 Å². The number of halogens is 2. The SMILES string of the molecule is CCc1ccc(Oc2ccc(Br)cc2F)cc1C1=C(O)[C@@H]2CC[C@H](C2)C1=O. The van der Waals surface area contributed by atoms with Gasteiger partial charge in [0, 0.05) is 16.3 Å². The summed E-state index contributed by atoms with van der Waals surface area (Å²) in [5, 5.41) is 10.7. The maximum Gasteiger partial charge on any atom is 0.169 e. The minimum Gasteiger partial charge on any atom is -0.511 e. The molecular formula is C22H20BrFO3. The first-order chi connectivity index (χ1) is 13.0. The number of hydrogen-bond acceptors (Lipinski definition) is 3. The van der Waals surface area contributed by atoms with Crippen LogP contribution < -0.4 is 4.74 Å². The van der Waals surface area contributed by atoms with Crippen molar-refractivity contribution in [3.05, 3.63) is 63.6 Å². The van der Waals surface area contributed by atoms with Crippen molar-refractivity contribution >= 4 is 27.3 Å². The van der Waals surface area contributed by atoms with Crippen LogP contribution in [-0.4, -0.2) is 10.9 Å². The summed E-state index contributed by atoms with van der Waals surface area (Å²) in [7, 11) is 0. The van der Waals surface area contributed by atoms with E-state index in [-0.39, 0.29) is 29.1 Å². The van der Waals surface area contributed by atoms with Crippen molar-refractivity contribution in [2.75, 3.05) is 0 Å². The number of aryl methyl sites for hydroxylation is 1. The van der Waals surface area contributed by atoms with Gasteiger partial charge < -0.3 is 9.84 Å². The monoisotopic (exact) mass is 430 g/mol. The van der Waals surface area contributed by atoms with Crippen LogP contribution in [0.25, 0.3) is 5.57 Å². The van der Waals surface area contributed by atoms with Crippen molar-refractivity contribution in [1.82, 2.24) is 0 Å². The molecule has 5 heteroatoms. The van der Waals surface area contributed by atoms with Gasteiger partial charge in [-0.3, -0.25) is 4.79 Å². The molecule has 0 heterocycles. The van der Waals surface area contributed by atoms with E-state index in [1.165, 1.54) is 6.07 Å². The van der Waals surface area contributed by atoms with Gasteiger partial charge in [-0.2, -0.15) is 0 Å². The highest BCUT2D eigenvalue weighted by molar-refractivity contribution is 9.10. The van der Waals surface area contributed by atoms with E-state index in [1.54, 1.807) is 24.3 Å². The van der Waals surface area contributed by atoms with Crippen LogP contribution in [0.15, 0.2) is 46.6 Å². The Hall–Kier alpha value is -2.14. The zero-order chi connectivity index (χ0) is 19.1. The Bertz CT molecular complexity index is 951. The Labute approximate surface area is 166 Å². The van der Waals surface area contributed by atoms with Crippen LogP contribution >= 0.6 is 15.9 Å². The molecule has 2 aromatic rings. The van der Waals surface area contributed by atoms with Gasteiger partial charge in [-0.05, 0) is 67.1 Å². The van der Waals surface area contributed by atoms with Gasteiger partial charge in [-0.15, -0.1) is 0 Å². The van der Waals surface area contributed by atoms with Crippen molar-refractivity contribution in [1.29, 1.82) is 0 Å². The first kappa shape index (κ1) is 18.2. The molecule has 2 aromatic carbocycles. The topological polar surface area (TPSA) is 46.5 Å². The zero-order valence-corrected chi connectivity index (χ0v) is 16.6. The number of fused-ring (bicyclic) bond motifs is 2. The number of hydrogen-bond donors (Lipinski definition) is 1. The average Bonchev–Trinajstić information content (AvgIpc) is 3.10. The van der Waals surface area contributed by atoms with Crippen LogP contribution in [0.3, 0.4) is 0 Å². The van der Waals surface area contributed by atoms with Crippen LogP contribution in [-0.2, 0) is 11.2 Å². The number of ether oxygens (including phenoxy) is 1. The molecule has 1 saturated carbocycles. The highest BCUT2D eigenvalue weighted by atomic mass is 79.9. The Kier molecular flexibility index (Phi) is 4.81. The van der Waals surface area contributed by atoms with E-state index in [0.717, 1.165) is 31.2 Å². The van der Waals surface area contributed by atoms with Crippen molar-refractivity contribution in [3.63, 3.8) is 0 Å². The van der Waals surface area contributed by atoms with Gasteiger partial charge in [-0.25, -0.2) is 4.39 Å². The number of Topliss-reactive ketones (excluding diaryl/α,β-unsaturated/α-hetero) is 1. The molecule has 0 aliphatic heterocycles. The molecule has 0 amide bonds. The predicted molar refractivity (Wildman–Crippen MR) is 105 cm³/mol. The lowest BCUT2D eigenvalue weighted by molar-refractivity contribution is -0.117. The third-order valence-electron chi connectivity index (χ3n) is 5.55. The summed E-state index contributed by atoms with van der Waals surface area (Å²) >= 11 is 3.23. The van der Waals surface area contributed by atoms with Gasteiger partial charge in [0.15, 0.2) is 17.3 Å². The van der Waals surface area contributed by atoms with Gasteiger partial charge in [0.05, 0.1) is 5.57 Å². The highest BCUT2D eigenvalue weighted by Crippen LogP contribution is 2.46. The van der Waals surface area contributed by atoms with E-state index >= 15 is 0 Å². The first-order valence-electron chi connectivity index (χ1n) is 9.21. The summed E-state index contributed by atoms with van der Waals surface area (Å²) in [6, 6.07) is 9.99. The number of aliphatic hydroxyl groups excluding tert-OH is 1. The Morgan fingerprint density at radius 1 is 1.19 bits per heavy atom. The van der Waals surface area contributed by atoms with Gasteiger partial charge >= 0.3 is 0 Å². The molecule has 2 bridgehead atoms. The minimum atomic E-state index is -0.473. The lowest BCUT2D eigenvalue weighted by atomic mass is 9.81. The summed E-state index contributed by atoms with van der Waals surface area (Å²) in [6.07, 6.45) is 3.16. The van der Waals surface area contributed by atoms with Crippen molar-refractivity contribution in [2.45, 2.75) is 32.6 Å². The van der Waals surface area contributed by atoms with Gasteiger partial charge in [-0.1, -0.05) is 28.9 Å². The first-order valence-corrected chi connectivity index (χ1v) is 10.0. The van der Waals surface area contributed by atoms with E-state index < -0.39 is 5.82 Å². The number of carbonyl (C=O) groups is 1. The van der Waals surface area contributed by atoms with E-state index in [0.29, 0.717) is 21.4 Å². The van der Waals surface area contributed by atoms with Gasteiger partial charge in [0.2, 0.25) is 0 Å². The number of rotatable bonds is 4. The van der Waals surface area contributed by atoms with E-state index in [9.17, 15) is 14.3 Å². The number of benzene rings is 2. The smallest absolute Gasteiger partial charge is 0.169 e. The zero-order valence-electron chi connectivity index (χ0n) is 15.0. The second-order valence-electron chi connectivity index (χ2n) is 7.18. The largest absolute Gasteiger partial charge is 0.511 e. The van der Waals surface area contributed by atoms with Crippen LogP contribution in [0.2, 0.25) is 0 Å². The number of allylic oxidation sites excluding steroid dienone is 2. The Morgan fingerprint density at radius 2 is 1.96 bits per heavy atom. The molecule has 0 spiro atoms. The molecule has 0 saturated heterocycles. The van der Waals surface area contributed by atoms with Crippen LogP contribution in [0.4, 0.5) is 4.39 Å². The fourth-order valence-electron chi connectivity index (χ4n) is 4.12. The summed E-state index contributed by atoms with van der Waals surface area (Å²) in [5.74, 6) is 0.369. The summed E-state index contributed by atoms with van der Waals surface area (Å²) in [6.45, 7) is 2.01. The van der Waals surface area contributed by atoms with E-state index in [1.807, 2.05) is 13.0 Å². The summed E-state index contributed by atoms with van der Waals surface area (Å²) < 4.78 is 20.5. The minimum absolute atomic E-state index is 0.000835. The quantitative estimate of drug-likeness (QED) is 0.626. The molecule has 4 rings (SSSR count). The second-order valence-corrected chi connectivity index (χ2v) is 8.10. The Morgan fingerprint density at radius 3 is 2.70 bits per heavy atom. The Balaban J connectivity index is 1.76. The lowest BCUT2D eigenvalue weighted by Crippen LogP contribution is -2.21. The number of carbonyl (C=O) groups excluding carboxylic acids is 1. The molecule has 27 heavy (non-hydrogen) atoms. The van der Waals surface area contributed by atoms with Crippen molar-refractivity contribution < 1.29 is 19.0 Å². The summed E-state index contributed by atoms with van der Waals surface area (Å²) in [4.78, 5) is 12.9. The fraction of sp³-hybridized carbons (Fsp3) is 0.318. The molecule has 0 aromatic heterocycles. The van der Waals surface area contributed by atoms with Gasteiger partial charge in [0.25, 0.3) is 0 Å². The second kappa shape index (κ2) is 7.12. The molecule has 2 aliphatic carbocycles. The maximum atomic E-state index is 14.1. The summed E-state index contributed by atoms with van der Waals surface area (Å²) in [5.41, 5.74) is 2.09. The highest BCUT2D eigenvalue weighted by Gasteiger charge is 2.41.